The lowest BCUT2D eigenvalue weighted by Gasteiger charge is -2.12. The van der Waals surface area contributed by atoms with Gasteiger partial charge in [-0.1, -0.05) is 51.2 Å². The highest BCUT2D eigenvalue weighted by Crippen LogP contribution is 2.33. The fraction of sp³-hybridized carbons (Fsp3) is 0.400. The van der Waals surface area contributed by atoms with E-state index in [0.717, 1.165) is 6.54 Å². The zero-order chi connectivity index (χ0) is 15.9. The molecule has 0 amide bonds. The molecule has 0 saturated carbocycles. The van der Waals surface area contributed by atoms with Gasteiger partial charge in [-0.3, -0.25) is 0 Å². The van der Waals surface area contributed by atoms with Crippen molar-refractivity contribution < 1.29 is 0 Å². The molecule has 0 radical (unpaired) electrons. The van der Waals surface area contributed by atoms with Crippen LogP contribution in [-0.4, -0.2) is 4.57 Å². The molecule has 0 N–H and O–H groups in total. The van der Waals surface area contributed by atoms with E-state index in [2.05, 4.69) is 58.6 Å². The van der Waals surface area contributed by atoms with E-state index in [1.165, 1.54) is 59.7 Å². The summed E-state index contributed by atoms with van der Waals surface area (Å²) in [7, 11) is 0. The van der Waals surface area contributed by atoms with Crippen molar-refractivity contribution in [2.45, 2.75) is 52.0 Å². The Morgan fingerprint density at radius 2 is 1.30 bits per heavy atom. The van der Waals surface area contributed by atoms with Crippen LogP contribution in [-0.2, 0) is 6.54 Å². The summed E-state index contributed by atoms with van der Waals surface area (Å²) < 4.78 is 2.53. The Kier molecular flexibility index (Phi) is 6.12. The molecule has 0 atom stereocenters. The lowest BCUT2D eigenvalue weighted by atomic mass is 10.1. The van der Waals surface area contributed by atoms with Gasteiger partial charge in [0.25, 0.3) is 0 Å². The fourth-order valence-corrected chi connectivity index (χ4v) is 4.56. The molecule has 0 aliphatic rings. The van der Waals surface area contributed by atoms with Gasteiger partial charge in [0.1, 0.15) is 0 Å². The summed E-state index contributed by atoms with van der Waals surface area (Å²) in [4.78, 5) is 2.75. The van der Waals surface area contributed by atoms with Crippen LogP contribution >= 0.6 is 22.7 Å². The standard InChI is InChI=1S/C20H25NS2/c1-2-3-4-5-6-7-14-21-17(19-10-8-15-22-19)12-13-18(21)20-11-9-16-23-20/h8-13,15-16H,2-7,14H2,1H3. The van der Waals surface area contributed by atoms with Crippen LogP contribution < -0.4 is 0 Å². The topological polar surface area (TPSA) is 4.93 Å². The molecule has 0 aliphatic carbocycles. The van der Waals surface area contributed by atoms with E-state index < -0.39 is 0 Å². The summed E-state index contributed by atoms with van der Waals surface area (Å²) in [5.41, 5.74) is 2.74. The van der Waals surface area contributed by atoms with Gasteiger partial charge in [-0.15, -0.1) is 22.7 Å². The minimum absolute atomic E-state index is 1.12. The molecule has 0 saturated heterocycles. The van der Waals surface area contributed by atoms with Gasteiger partial charge in [-0.05, 0) is 41.4 Å². The maximum atomic E-state index is 2.53. The fourth-order valence-electron chi connectivity index (χ4n) is 3.04. The Morgan fingerprint density at radius 1 is 0.739 bits per heavy atom. The van der Waals surface area contributed by atoms with Crippen molar-refractivity contribution in [1.82, 2.24) is 4.57 Å². The van der Waals surface area contributed by atoms with Crippen molar-refractivity contribution in [3.63, 3.8) is 0 Å². The first-order valence-corrected chi connectivity index (χ1v) is 10.4. The first-order valence-electron chi connectivity index (χ1n) is 8.67. The average Bonchev–Trinajstić information content (AvgIpc) is 3.31. The van der Waals surface area contributed by atoms with Gasteiger partial charge in [0, 0.05) is 6.54 Å². The number of hydrogen-bond donors (Lipinski definition) is 0. The van der Waals surface area contributed by atoms with Crippen molar-refractivity contribution in [3.8, 4) is 21.1 Å². The second-order valence-corrected chi connectivity index (χ2v) is 7.87. The van der Waals surface area contributed by atoms with Crippen molar-refractivity contribution >= 4 is 22.7 Å². The Hall–Kier alpha value is -1.32. The van der Waals surface area contributed by atoms with Crippen LogP contribution in [0.1, 0.15) is 45.4 Å². The predicted molar refractivity (Wildman–Crippen MR) is 104 cm³/mol. The third-order valence-electron chi connectivity index (χ3n) is 4.26. The van der Waals surface area contributed by atoms with E-state index in [-0.39, 0.29) is 0 Å². The molecule has 0 spiro atoms. The number of unbranched alkanes of at least 4 members (excludes halogenated alkanes) is 5. The second kappa shape index (κ2) is 8.51. The summed E-state index contributed by atoms with van der Waals surface area (Å²) in [6.07, 6.45) is 8.07. The SMILES string of the molecule is CCCCCCCCn1c(-c2cccs2)ccc1-c1cccs1. The number of rotatable bonds is 9. The normalized spacial score (nSPS) is 11.2. The first-order chi connectivity index (χ1) is 11.4. The molecule has 3 rings (SSSR count). The molecule has 3 heterocycles. The highest BCUT2D eigenvalue weighted by molar-refractivity contribution is 7.14. The van der Waals surface area contributed by atoms with Crippen molar-refractivity contribution in [2.24, 2.45) is 0 Å². The number of thiophene rings is 2. The predicted octanol–water partition coefficient (Wildman–Crippen LogP) is 7.31. The smallest absolute Gasteiger partial charge is 0.0586 e. The molecule has 0 fully saturated rings. The zero-order valence-electron chi connectivity index (χ0n) is 13.8. The summed E-state index contributed by atoms with van der Waals surface area (Å²) in [6, 6.07) is 13.3. The van der Waals surface area contributed by atoms with E-state index >= 15 is 0 Å². The molecule has 3 aromatic rings. The minimum atomic E-state index is 1.12. The van der Waals surface area contributed by atoms with Gasteiger partial charge < -0.3 is 4.57 Å². The Balaban J connectivity index is 1.74. The van der Waals surface area contributed by atoms with Crippen LogP contribution in [0.2, 0.25) is 0 Å². The third kappa shape index (κ3) is 4.15. The van der Waals surface area contributed by atoms with E-state index in [4.69, 9.17) is 0 Å². The van der Waals surface area contributed by atoms with Crippen LogP contribution in [0.15, 0.2) is 47.2 Å². The van der Waals surface area contributed by atoms with Crippen LogP contribution in [0, 0.1) is 0 Å². The van der Waals surface area contributed by atoms with Crippen LogP contribution in [0.5, 0.6) is 0 Å². The van der Waals surface area contributed by atoms with E-state index in [0.29, 0.717) is 0 Å². The molecular formula is C20H25NS2. The van der Waals surface area contributed by atoms with Gasteiger partial charge in [0.15, 0.2) is 0 Å². The van der Waals surface area contributed by atoms with Crippen LogP contribution in [0.25, 0.3) is 21.1 Å². The second-order valence-electron chi connectivity index (χ2n) is 5.98. The lowest BCUT2D eigenvalue weighted by molar-refractivity contribution is 0.563. The Bertz CT molecular complexity index is 626. The van der Waals surface area contributed by atoms with Gasteiger partial charge in [-0.25, -0.2) is 0 Å². The first kappa shape index (κ1) is 16.5. The molecule has 0 aliphatic heterocycles. The molecular weight excluding hydrogens is 318 g/mol. The maximum absolute atomic E-state index is 2.53. The number of aromatic nitrogens is 1. The third-order valence-corrected chi connectivity index (χ3v) is 6.05. The van der Waals surface area contributed by atoms with Gasteiger partial charge in [-0.2, -0.15) is 0 Å². The van der Waals surface area contributed by atoms with Gasteiger partial charge >= 0.3 is 0 Å². The summed E-state index contributed by atoms with van der Waals surface area (Å²) >= 11 is 3.67. The monoisotopic (exact) mass is 343 g/mol. The van der Waals surface area contributed by atoms with E-state index in [1.807, 2.05) is 22.7 Å². The quantitative estimate of drug-likeness (QED) is 0.359. The van der Waals surface area contributed by atoms with Gasteiger partial charge in [0.05, 0.1) is 21.1 Å². The molecule has 122 valence electrons. The number of hydrogen-bond acceptors (Lipinski definition) is 2. The van der Waals surface area contributed by atoms with E-state index in [1.54, 1.807) is 0 Å². The molecule has 0 unspecified atom stereocenters. The minimum Gasteiger partial charge on any atom is -0.339 e. The zero-order valence-corrected chi connectivity index (χ0v) is 15.5. The molecule has 23 heavy (non-hydrogen) atoms. The maximum Gasteiger partial charge on any atom is 0.0586 e. The van der Waals surface area contributed by atoms with E-state index in [9.17, 15) is 0 Å². The Labute approximate surface area is 147 Å². The van der Waals surface area contributed by atoms with Crippen molar-refractivity contribution in [1.29, 1.82) is 0 Å². The highest BCUT2D eigenvalue weighted by atomic mass is 32.1. The summed E-state index contributed by atoms with van der Waals surface area (Å²) in [6.45, 7) is 3.40. The Morgan fingerprint density at radius 3 is 1.83 bits per heavy atom. The molecule has 0 aromatic carbocycles. The molecule has 3 aromatic heterocycles. The van der Waals surface area contributed by atoms with Crippen molar-refractivity contribution in [2.75, 3.05) is 0 Å². The highest BCUT2D eigenvalue weighted by Gasteiger charge is 2.12. The largest absolute Gasteiger partial charge is 0.339 e. The molecule has 0 bridgehead atoms. The lowest BCUT2D eigenvalue weighted by Crippen LogP contribution is -2.01. The van der Waals surface area contributed by atoms with Crippen LogP contribution in [0.4, 0.5) is 0 Å². The average molecular weight is 344 g/mol. The van der Waals surface area contributed by atoms with Crippen LogP contribution in [0.3, 0.4) is 0 Å². The molecule has 3 heteroatoms. The summed E-state index contributed by atoms with van der Waals surface area (Å²) in [5, 5.41) is 4.34. The summed E-state index contributed by atoms with van der Waals surface area (Å²) in [5.74, 6) is 0. The molecule has 1 nitrogen and oxygen atoms in total. The van der Waals surface area contributed by atoms with Gasteiger partial charge in [0.2, 0.25) is 0 Å². The number of nitrogens with zero attached hydrogens (tertiary/aromatic N) is 1. The van der Waals surface area contributed by atoms with Crippen molar-refractivity contribution in [3.05, 3.63) is 47.2 Å².